The predicted molar refractivity (Wildman–Crippen MR) is 99.2 cm³/mol. The molecule has 1 aliphatic rings. The molecular weight excluding hydrogens is 376 g/mol. The van der Waals surface area contributed by atoms with Crippen molar-refractivity contribution < 1.29 is 28.6 Å². The minimum atomic E-state index is -0.624. The van der Waals surface area contributed by atoms with Gasteiger partial charge in [-0.25, -0.2) is 0 Å². The quantitative estimate of drug-likeness (QED) is 0.708. The lowest BCUT2D eigenvalue weighted by Crippen LogP contribution is -2.36. The van der Waals surface area contributed by atoms with Gasteiger partial charge in [-0.3, -0.25) is 14.4 Å². The summed E-state index contributed by atoms with van der Waals surface area (Å²) in [5.41, 5.74) is 0.336. The molecule has 148 valence electrons. The fourth-order valence-corrected chi connectivity index (χ4v) is 2.93. The van der Waals surface area contributed by atoms with Gasteiger partial charge in [-0.05, 0) is 12.8 Å². The second kappa shape index (κ2) is 10.0. The maximum Gasteiger partial charge on any atom is 0.326 e. The van der Waals surface area contributed by atoms with Gasteiger partial charge >= 0.3 is 5.97 Å². The number of rotatable bonds is 7. The molecule has 1 aromatic carbocycles. The first-order chi connectivity index (χ1) is 12.9. The number of nitrogens with one attached hydrogen (secondary N) is 1. The highest BCUT2D eigenvalue weighted by Crippen LogP contribution is 2.35. The van der Waals surface area contributed by atoms with E-state index in [0.29, 0.717) is 35.2 Å². The molecule has 9 heteroatoms. The molecule has 1 aliphatic heterocycles. The number of esters is 1. The van der Waals surface area contributed by atoms with E-state index < -0.39 is 18.5 Å². The summed E-state index contributed by atoms with van der Waals surface area (Å²) in [5, 5.41) is 2.91. The first-order valence-electron chi connectivity index (χ1n) is 8.59. The van der Waals surface area contributed by atoms with Crippen LogP contribution in [0.1, 0.15) is 25.7 Å². The van der Waals surface area contributed by atoms with Gasteiger partial charge < -0.3 is 24.4 Å². The predicted octanol–water partition coefficient (Wildman–Crippen LogP) is 2.24. The van der Waals surface area contributed by atoms with Crippen molar-refractivity contribution in [1.82, 2.24) is 4.90 Å². The van der Waals surface area contributed by atoms with Crippen molar-refractivity contribution in [2.75, 3.05) is 39.2 Å². The molecule has 0 aromatic heterocycles. The summed E-state index contributed by atoms with van der Waals surface area (Å²) in [6.07, 6.45) is 3.09. The molecule has 0 aliphatic carbocycles. The van der Waals surface area contributed by atoms with E-state index in [-0.39, 0.29) is 12.5 Å². The smallest absolute Gasteiger partial charge is 0.326 e. The van der Waals surface area contributed by atoms with Crippen LogP contribution >= 0.6 is 11.6 Å². The summed E-state index contributed by atoms with van der Waals surface area (Å²) >= 11 is 6.02. The van der Waals surface area contributed by atoms with E-state index in [0.717, 1.165) is 19.3 Å². The average Bonchev–Trinajstić information content (AvgIpc) is 2.85. The lowest BCUT2D eigenvalue weighted by molar-refractivity contribution is -0.151. The molecule has 0 saturated carbocycles. The minimum Gasteiger partial charge on any atom is -0.495 e. The van der Waals surface area contributed by atoms with Gasteiger partial charge in [0.1, 0.15) is 18.0 Å². The van der Waals surface area contributed by atoms with Crippen LogP contribution in [0.2, 0.25) is 5.02 Å². The number of halogens is 1. The molecule has 2 rings (SSSR count). The minimum absolute atomic E-state index is 0.0631. The highest BCUT2D eigenvalue weighted by atomic mass is 35.5. The number of benzene rings is 1. The molecular formula is C18H23ClN2O6. The van der Waals surface area contributed by atoms with Crippen LogP contribution in [0.4, 0.5) is 5.69 Å². The van der Waals surface area contributed by atoms with Crippen LogP contribution in [0.25, 0.3) is 0 Å². The van der Waals surface area contributed by atoms with Gasteiger partial charge in [-0.15, -0.1) is 0 Å². The normalized spacial score (nSPS) is 14.3. The summed E-state index contributed by atoms with van der Waals surface area (Å²) in [5.74, 6) is -0.527. The number of methoxy groups -OCH3 is 2. The first-order valence-corrected chi connectivity index (χ1v) is 8.97. The highest BCUT2D eigenvalue weighted by Gasteiger charge is 2.20. The van der Waals surface area contributed by atoms with E-state index in [9.17, 15) is 14.4 Å². The summed E-state index contributed by atoms with van der Waals surface area (Å²) in [6.45, 7) is -0.0962. The Morgan fingerprint density at radius 1 is 1.15 bits per heavy atom. The zero-order valence-electron chi connectivity index (χ0n) is 15.4. The summed E-state index contributed by atoms with van der Waals surface area (Å²) in [6, 6.07) is 3.02. The van der Waals surface area contributed by atoms with Crippen molar-refractivity contribution in [3.8, 4) is 11.5 Å². The number of carbonyl (C=O) groups is 3. The Morgan fingerprint density at radius 2 is 1.89 bits per heavy atom. The van der Waals surface area contributed by atoms with Crippen LogP contribution in [0.5, 0.6) is 11.5 Å². The molecule has 8 nitrogen and oxygen atoms in total. The fourth-order valence-electron chi connectivity index (χ4n) is 2.70. The Bertz CT molecular complexity index is 709. The molecule has 2 amide bonds. The van der Waals surface area contributed by atoms with Gasteiger partial charge in [-0.1, -0.05) is 18.0 Å². The number of anilines is 1. The van der Waals surface area contributed by atoms with Crippen molar-refractivity contribution in [3.05, 3.63) is 17.2 Å². The summed E-state index contributed by atoms with van der Waals surface area (Å²) < 4.78 is 15.3. The molecule has 0 bridgehead atoms. The molecule has 27 heavy (non-hydrogen) atoms. The molecule has 1 aromatic rings. The lowest BCUT2D eigenvalue weighted by atomic mass is 10.2. The van der Waals surface area contributed by atoms with Crippen molar-refractivity contribution in [3.63, 3.8) is 0 Å². The van der Waals surface area contributed by atoms with E-state index in [1.165, 1.54) is 31.3 Å². The molecule has 0 radical (unpaired) electrons. The Hall–Kier alpha value is -2.48. The molecule has 0 unspecified atom stereocenters. The van der Waals surface area contributed by atoms with Gasteiger partial charge in [0.2, 0.25) is 5.91 Å². The monoisotopic (exact) mass is 398 g/mol. The topological polar surface area (TPSA) is 94.2 Å². The van der Waals surface area contributed by atoms with Crippen LogP contribution < -0.4 is 14.8 Å². The number of likely N-dealkylation sites (tertiary alicyclic amines) is 1. The van der Waals surface area contributed by atoms with Gasteiger partial charge in [0.25, 0.3) is 5.91 Å². The van der Waals surface area contributed by atoms with Gasteiger partial charge in [0.15, 0.2) is 6.61 Å². The molecule has 0 atom stereocenters. The van der Waals surface area contributed by atoms with E-state index in [1.54, 1.807) is 0 Å². The summed E-state index contributed by atoms with van der Waals surface area (Å²) in [4.78, 5) is 37.4. The van der Waals surface area contributed by atoms with E-state index in [2.05, 4.69) is 5.32 Å². The van der Waals surface area contributed by atoms with Crippen LogP contribution in [-0.4, -0.2) is 56.6 Å². The number of ether oxygens (including phenoxy) is 3. The zero-order valence-corrected chi connectivity index (χ0v) is 16.1. The van der Waals surface area contributed by atoms with Crippen LogP contribution in [0.3, 0.4) is 0 Å². The van der Waals surface area contributed by atoms with Crippen LogP contribution in [0, 0.1) is 0 Å². The van der Waals surface area contributed by atoms with E-state index in [4.69, 9.17) is 25.8 Å². The number of hydrogen-bond donors (Lipinski definition) is 1. The lowest BCUT2D eigenvalue weighted by Gasteiger charge is -2.19. The van der Waals surface area contributed by atoms with Gasteiger partial charge in [-0.2, -0.15) is 0 Å². The van der Waals surface area contributed by atoms with Crippen molar-refractivity contribution >= 4 is 35.1 Å². The zero-order chi connectivity index (χ0) is 19.8. The van der Waals surface area contributed by atoms with Crippen molar-refractivity contribution in [1.29, 1.82) is 0 Å². The molecule has 1 saturated heterocycles. The second-order valence-corrected chi connectivity index (χ2v) is 6.43. The first kappa shape index (κ1) is 20.8. The number of hydrogen-bond acceptors (Lipinski definition) is 6. The number of amides is 2. The van der Waals surface area contributed by atoms with Crippen LogP contribution in [0.15, 0.2) is 12.1 Å². The molecule has 1 heterocycles. The molecule has 1 N–H and O–H groups in total. The molecule has 1 fully saturated rings. The largest absolute Gasteiger partial charge is 0.495 e. The Balaban J connectivity index is 1.88. The maximum absolute atomic E-state index is 12.1. The number of nitrogens with zero attached hydrogens (tertiary/aromatic N) is 1. The van der Waals surface area contributed by atoms with E-state index >= 15 is 0 Å². The fraction of sp³-hybridized carbons (Fsp3) is 0.500. The van der Waals surface area contributed by atoms with Gasteiger partial charge in [0.05, 0.1) is 24.9 Å². The van der Waals surface area contributed by atoms with E-state index in [1.807, 2.05) is 0 Å². The summed E-state index contributed by atoms with van der Waals surface area (Å²) in [7, 11) is 2.89. The van der Waals surface area contributed by atoms with Gasteiger partial charge in [0, 0.05) is 25.1 Å². The second-order valence-electron chi connectivity index (χ2n) is 6.02. The Morgan fingerprint density at radius 3 is 2.59 bits per heavy atom. The Labute approximate surface area is 162 Å². The number of carbonyl (C=O) groups excluding carboxylic acids is 3. The molecule has 0 spiro atoms. The van der Waals surface area contributed by atoms with Crippen LogP contribution in [-0.2, 0) is 19.1 Å². The van der Waals surface area contributed by atoms with Crippen molar-refractivity contribution in [2.45, 2.75) is 25.7 Å². The third kappa shape index (κ3) is 6.02. The average molecular weight is 399 g/mol. The van der Waals surface area contributed by atoms with Crippen molar-refractivity contribution in [2.24, 2.45) is 0 Å². The third-order valence-electron chi connectivity index (χ3n) is 4.10. The SMILES string of the molecule is COc1cc(NC(=O)COC(=O)CN2CCCCCC2=O)c(OC)cc1Cl. The highest BCUT2D eigenvalue weighted by molar-refractivity contribution is 6.32. The third-order valence-corrected chi connectivity index (χ3v) is 4.40. The maximum atomic E-state index is 12.1. The Kier molecular flexibility index (Phi) is 7.72. The standard InChI is InChI=1S/C18H23ClN2O6/c1-25-14-9-13(15(26-2)8-12(14)19)20-16(22)11-27-18(24)10-21-7-5-3-4-6-17(21)23/h8-9H,3-7,10-11H2,1-2H3,(H,20,22).